The summed E-state index contributed by atoms with van der Waals surface area (Å²) < 4.78 is 71.9. The number of anilines is 1. The lowest BCUT2D eigenvalue weighted by Gasteiger charge is -2.14. The average Bonchev–Trinajstić information content (AvgIpc) is 2.55. The Balaban J connectivity index is 1.89. The van der Waals surface area contributed by atoms with Gasteiger partial charge in [-0.1, -0.05) is 12.1 Å². The van der Waals surface area contributed by atoms with Crippen LogP contribution in [0.2, 0.25) is 0 Å². The van der Waals surface area contributed by atoms with E-state index in [2.05, 4.69) is 15.0 Å². The van der Waals surface area contributed by atoms with Crippen LogP contribution in [0.4, 0.5) is 27.6 Å². The van der Waals surface area contributed by atoms with E-state index in [0.717, 1.165) is 18.2 Å². The molecule has 0 saturated heterocycles. The molecule has 0 heterocycles. The van der Waals surface area contributed by atoms with Crippen molar-refractivity contribution < 1.29 is 31.4 Å². The number of nitrogens with zero attached hydrogens (tertiary/aromatic N) is 1. The number of nitrogens with one attached hydrogen (secondary N) is 1. The van der Waals surface area contributed by atoms with Crippen molar-refractivity contribution in [2.24, 2.45) is 10.7 Å². The second kappa shape index (κ2) is 8.37. The predicted molar refractivity (Wildman–Crippen MR) is 85.1 cm³/mol. The van der Waals surface area contributed by atoms with Gasteiger partial charge in [0, 0.05) is 6.07 Å². The SMILES string of the molecule is NC(=NCCOc1ccc(F)c(F)c1)Nc1ccccc1OC(F)(F)F. The number of alkyl halides is 3. The number of hydrogen-bond acceptors (Lipinski definition) is 3. The molecule has 2 aromatic rings. The molecule has 0 fully saturated rings. The molecule has 0 aliphatic rings. The van der Waals surface area contributed by atoms with Gasteiger partial charge >= 0.3 is 6.36 Å². The minimum Gasteiger partial charge on any atom is -0.492 e. The van der Waals surface area contributed by atoms with Crippen LogP contribution in [0, 0.1) is 11.6 Å². The maximum atomic E-state index is 13.0. The summed E-state index contributed by atoms with van der Waals surface area (Å²) in [6, 6.07) is 8.36. The minimum atomic E-state index is -4.85. The van der Waals surface area contributed by atoms with Crippen LogP contribution in [0.5, 0.6) is 11.5 Å². The largest absolute Gasteiger partial charge is 0.573 e. The molecule has 2 aromatic carbocycles. The lowest BCUT2D eigenvalue weighted by Crippen LogP contribution is -2.25. The first-order chi connectivity index (χ1) is 12.2. The molecular weight excluding hydrogens is 361 g/mol. The highest BCUT2D eigenvalue weighted by molar-refractivity contribution is 5.93. The zero-order valence-electron chi connectivity index (χ0n) is 13.2. The third-order valence-electron chi connectivity index (χ3n) is 2.91. The maximum Gasteiger partial charge on any atom is 0.573 e. The van der Waals surface area contributed by atoms with Crippen molar-refractivity contribution >= 4 is 11.6 Å². The Kier molecular flexibility index (Phi) is 6.21. The minimum absolute atomic E-state index is 0.00580. The first kappa shape index (κ1) is 19.3. The van der Waals surface area contributed by atoms with E-state index in [1.165, 1.54) is 24.3 Å². The summed E-state index contributed by atoms with van der Waals surface area (Å²) in [5.74, 6) is -2.57. The van der Waals surface area contributed by atoms with Crippen LogP contribution in [-0.2, 0) is 0 Å². The molecule has 3 N–H and O–H groups in total. The molecule has 2 rings (SSSR count). The van der Waals surface area contributed by atoms with Crippen LogP contribution in [0.25, 0.3) is 0 Å². The summed E-state index contributed by atoms with van der Waals surface area (Å²) in [6.07, 6.45) is -4.85. The van der Waals surface area contributed by atoms with Crippen molar-refractivity contribution in [3.8, 4) is 11.5 Å². The van der Waals surface area contributed by atoms with Gasteiger partial charge in [0.1, 0.15) is 12.4 Å². The van der Waals surface area contributed by atoms with Gasteiger partial charge in [-0.25, -0.2) is 13.8 Å². The monoisotopic (exact) mass is 375 g/mol. The van der Waals surface area contributed by atoms with Gasteiger partial charge in [0.25, 0.3) is 0 Å². The molecule has 0 spiro atoms. The van der Waals surface area contributed by atoms with E-state index in [1.54, 1.807) is 0 Å². The van der Waals surface area contributed by atoms with Crippen LogP contribution in [0.3, 0.4) is 0 Å². The second-order valence-electron chi connectivity index (χ2n) is 4.86. The highest BCUT2D eigenvalue weighted by Crippen LogP contribution is 2.29. The van der Waals surface area contributed by atoms with Gasteiger partial charge in [0.15, 0.2) is 23.3 Å². The van der Waals surface area contributed by atoms with Gasteiger partial charge in [-0.15, -0.1) is 13.2 Å². The molecule has 140 valence electrons. The van der Waals surface area contributed by atoms with E-state index in [4.69, 9.17) is 10.5 Å². The van der Waals surface area contributed by atoms with Crippen LogP contribution < -0.4 is 20.5 Å². The lowest BCUT2D eigenvalue weighted by atomic mass is 10.3. The number of hydrogen-bond donors (Lipinski definition) is 2. The molecule has 0 atom stereocenters. The predicted octanol–water partition coefficient (Wildman–Crippen LogP) is 3.67. The molecule has 5 nitrogen and oxygen atoms in total. The van der Waals surface area contributed by atoms with Crippen molar-refractivity contribution in [3.05, 3.63) is 54.1 Å². The molecule has 0 aliphatic carbocycles. The quantitative estimate of drug-likeness (QED) is 0.350. The highest BCUT2D eigenvalue weighted by atomic mass is 19.4. The van der Waals surface area contributed by atoms with Crippen molar-refractivity contribution in [2.45, 2.75) is 6.36 Å². The van der Waals surface area contributed by atoms with Gasteiger partial charge in [-0.05, 0) is 24.3 Å². The van der Waals surface area contributed by atoms with Gasteiger partial charge in [0.05, 0.1) is 12.2 Å². The van der Waals surface area contributed by atoms with E-state index in [0.29, 0.717) is 0 Å². The summed E-state index contributed by atoms with van der Waals surface area (Å²) in [5, 5.41) is 2.49. The van der Waals surface area contributed by atoms with Crippen molar-refractivity contribution in [1.29, 1.82) is 0 Å². The third-order valence-corrected chi connectivity index (χ3v) is 2.91. The van der Waals surface area contributed by atoms with Crippen molar-refractivity contribution in [1.82, 2.24) is 0 Å². The Morgan fingerprint density at radius 2 is 1.81 bits per heavy atom. The molecular formula is C16H14F5N3O2. The summed E-state index contributed by atoms with van der Waals surface area (Å²) >= 11 is 0. The number of rotatable bonds is 6. The highest BCUT2D eigenvalue weighted by Gasteiger charge is 2.32. The molecule has 0 amide bonds. The van der Waals surface area contributed by atoms with Gasteiger partial charge in [-0.3, -0.25) is 0 Å². The number of guanidine groups is 1. The smallest absolute Gasteiger partial charge is 0.492 e. The Hall–Kier alpha value is -3.04. The van der Waals surface area contributed by atoms with Gasteiger partial charge < -0.3 is 20.5 Å². The van der Waals surface area contributed by atoms with Crippen LogP contribution in [0.1, 0.15) is 0 Å². The Bertz CT molecular complexity index is 781. The van der Waals surface area contributed by atoms with Crippen LogP contribution in [-0.4, -0.2) is 25.5 Å². The summed E-state index contributed by atoms with van der Waals surface area (Å²) in [4.78, 5) is 3.87. The molecule has 26 heavy (non-hydrogen) atoms. The first-order valence-electron chi connectivity index (χ1n) is 7.24. The second-order valence-corrected chi connectivity index (χ2v) is 4.86. The summed E-state index contributed by atoms with van der Waals surface area (Å²) in [5.41, 5.74) is 5.58. The summed E-state index contributed by atoms with van der Waals surface area (Å²) in [6.45, 7) is 0.0221. The molecule has 0 aliphatic heterocycles. The van der Waals surface area contributed by atoms with E-state index in [1.807, 2.05) is 0 Å². The standard InChI is InChI=1S/C16H14F5N3O2/c17-11-6-5-10(9-12(11)18)25-8-7-23-15(22)24-13-3-1-2-4-14(13)26-16(19,20)21/h1-6,9H,7-8H2,(H3,22,23,24). The van der Waals surface area contributed by atoms with E-state index in [9.17, 15) is 22.0 Å². The Morgan fingerprint density at radius 3 is 2.50 bits per heavy atom. The first-order valence-corrected chi connectivity index (χ1v) is 7.24. The number of halogens is 5. The Morgan fingerprint density at radius 1 is 1.08 bits per heavy atom. The molecule has 0 radical (unpaired) electrons. The summed E-state index contributed by atoms with van der Waals surface area (Å²) in [7, 11) is 0. The number of ether oxygens (including phenoxy) is 2. The topological polar surface area (TPSA) is 68.9 Å². The maximum absolute atomic E-state index is 13.0. The number of benzene rings is 2. The van der Waals surface area contributed by atoms with E-state index in [-0.39, 0.29) is 30.5 Å². The molecule has 0 saturated carbocycles. The molecule has 10 heteroatoms. The fraction of sp³-hybridized carbons (Fsp3) is 0.188. The molecule has 0 unspecified atom stereocenters. The molecule has 0 bridgehead atoms. The van der Waals surface area contributed by atoms with E-state index >= 15 is 0 Å². The zero-order valence-corrected chi connectivity index (χ0v) is 13.2. The van der Waals surface area contributed by atoms with E-state index < -0.39 is 23.7 Å². The number of aliphatic imine (C=N–C) groups is 1. The lowest BCUT2D eigenvalue weighted by molar-refractivity contribution is -0.274. The van der Waals surface area contributed by atoms with Crippen molar-refractivity contribution in [2.75, 3.05) is 18.5 Å². The van der Waals surface area contributed by atoms with Gasteiger partial charge in [0.2, 0.25) is 0 Å². The molecule has 0 aromatic heterocycles. The van der Waals surface area contributed by atoms with Crippen LogP contribution in [0.15, 0.2) is 47.5 Å². The number of nitrogens with two attached hydrogens (primary N) is 1. The average molecular weight is 375 g/mol. The fourth-order valence-electron chi connectivity index (χ4n) is 1.86. The zero-order chi connectivity index (χ0) is 19.2. The Labute approximate surface area is 145 Å². The normalized spacial score (nSPS) is 12.0. The van der Waals surface area contributed by atoms with Gasteiger partial charge in [-0.2, -0.15) is 0 Å². The number of para-hydroxylation sites is 2. The van der Waals surface area contributed by atoms with Crippen molar-refractivity contribution in [3.63, 3.8) is 0 Å². The van der Waals surface area contributed by atoms with Crippen LogP contribution >= 0.6 is 0 Å². The fourth-order valence-corrected chi connectivity index (χ4v) is 1.86. The third kappa shape index (κ3) is 6.11.